The van der Waals surface area contributed by atoms with Gasteiger partial charge in [0.05, 0.1) is 0 Å². The van der Waals surface area contributed by atoms with Crippen LogP contribution < -0.4 is 5.32 Å². The topological polar surface area (TPSA) is 29.1 Å². The number of amides is 1. The van der Waals surface area contributed by atoms with Gasteiger partial charge in [0.25, 0.3) is 0 Å². The lowest BCUT2D eigenvalue weighted by molar-refractivity contribution is -0.121. The van der Waals surface area contributed by atoms with E-state index in [1.165, 1.54) is 5.56 Å². The van der Waals surface area contributed by atoms with E-state index in [0.29, 0.717) is 12.3 Å². The predicted octanol–water partition coefficient (Wildman–Crippen LogP) is 3.16. The molecule has 17 heavy (non-hydrogen) atoms. The molecule has 0 bridgehead atoms. The summed E-state index contributed by atoms with van der Waals surface area (Å²) in [5.41, 5.74) is 1.30. The van der Waals surface area contributed by atoms with Gasteiger partial charge in [0.2, 0.25) is 5.91 Å². The van der Waals surface area contributed by atoms with Crippen molar-refractivity contribution in [3.63, 3.8) is 0 Å². The summed E-state index contributed by atoms with van der Waals surface area (Å²) in [7, 11) is 0. The van der Waals surface area contributed by atoms with E-state index < -0.39 is 0 Å². The van der Waals surface area contributed by atoms with E-state index in [2.05, 4.69) is 40.3 Å². The summed E-state index contributed by atoms with van der Waals surface area (Å²) in [6, 6.07) is 10.3. The molecule has 0 heterocycles. The average molecular weight is 298 g/mol. The molecule has 1 atom stereocenters. The van der Waals surface area contributed by atoms with Crippen LogP contribution in [0, 0.1) is 5.92 Å². The van der Waals surface area contributed by atoms with Gasteiger partial charge in [0.1, 0.15) is 0 Å². The summed E-state index contributed by atoms with van der Waals surface area (Å²) in [6.45, 7) is 2.87. The normalized spacial score (nSPS) is 12.1. The molecule has 0 aliphatic heterocycles. The third-order valence-corrected chi connectivity index (χ3v) is 3.73. The van der Waals surface area contributed by atoms with Crippen molar-refractivity contribution in [3.05, 3.63) is 35.9 Å². The molecule has 0 fully saturated rings. The number of hydrogen-bond acceptors (Lipinski definition) is 1. The minimum atomic E-state index is 0.161. The summed E-state index contributed by atoms with van der Waals surface area (Å²) in [5.74, 6) is 0.654. The lowest BCUT2D eigenvalue weighted by atomic mass is 10.1. The molecule has 0 saturated carbocycles. The van der Waals surface area contributed by atoms with Crippen LogP contribution in [0.4, 0.5) is 0 Å². The molecular formula is C14H20BrNO. The van der Waals surface area contributed by atoms with E-state index in [4.69, 9.17) is 0 Å². The molecule has 1 aromatic rings. The fraction of sp³-hybridized carbons (Fsp3) is 0.500. The highest BCUT2D eigenvalue weighted by Crippen LogP contribution is 2.04. The number of alkyl halides is 1. The molecule has 1 unspecified atom stereocenters. The van der Waals surface area contributed by atoms with Crippen molar-refractivity contribution >= 4 is 21.8 Å². The molecule has 2 nitrogen and oxygen atoms in total. The Morgan fingerprint density at radius 2 is 2.06 bits per heavy atom. The Morgan fingerprint density at radius 1 is 1.35 bits per heavy atom. The second kappa shape index (κ2) is 8.29. The van der Waals surface area contributed by atoms with Crippen LogP contribution in [0.25, 0.3) is 0 Å². The summed E-state index contributed by atoms with van der Waals surface area (Å²) in [6.07, 6.45) is 2.50. The van der Waals surface area contributed by atoms with Crippen molar-refractivity contribution in [1.82, 2.24) is 5.32 Å². The van der Waals surface area contributed by atoms with E-state index in [0.717, 1.165) is 24.7 Å². The molecule has 0 radical (unpaired) electrons. The monoisotopic (exact) mass is 297 g/mol. The van der Waals surface area contributed by atoms with Gasteiger partial charge in [-0.15, -0.1) is 0 Å². The zero-order valence-corrected chi connectivity index (χ0v) is 11.9. The van der Waals surface area contributed by atoms with Gasteiger partial charge in [-0.3, -0.25) is 4.79 Å². The first-order valence-electron chi connectivity index (χ1n) is 6.09. The molecule has 1 aromatic carbocycles. The van der Waals surface area contributed by atoms with E-state index >= 15 is 0 Å². The SMILES string of the molecule is CC(CBr)CNC(=O)CCCc1ccccc1. The Morgan fingerprint density at radius 3 is 2.71 bits per heavy atom. The van der Waals surface area contributed by atoms with Gasteiger partial charge in [-0.25, -0.2) is 0 Å². The van der Waals surface area contributed by atoms with Crippen LogP contribution in [0.3, 0.4) is 0 Å². The number of nitrogens with one attached hydrogen (secondary N) is 1. The van der Waals surface area contributed by atoms with Gasteiger partial charge in [-0.2, -0.15) is 0 Å². The van der Waals surface area contributed by atoms with Crippen molar-refractivity contribution in [3.8, 4) is 0 Å². The van der Waals surface area contributed by atoms with E-state index in [9.17, 15) is 4.79 Å². The van der Waals surface area contributed by atoms with Crippen LogP contribution in [0.2, 0.25) is 0 Å². The smallest absolute Gasteiger partial charge is 0.220 e. The summed E-state index contributed by atoms with van der Waals surface area (Å²) >= 11 is 3.40. The number of aryl methyl sites for hydroxylation is 1. The van der Waals surface area contributed by atoms with Crippen molar-refractivity contribution in [2.45, 2.75) is 26.2 Å². The summed E-state index contributed by atoms with van der Waals surface area (Å²) in [4.78, 5) is 11.5. The van der Waals surface area contributed by atoms with Gasteiger partial charge >= 0.3 is 0 Å². The molecule has 94 valence electrons. The van der Waals surface area contributed by atoms with Gasteiger partial charge in [0.15, 0.2) is 0 Å². The second-order valence-corrected chi connectivity index (χ2v) is 5.05. The fourth-order valence-corrected chi connectivity index (χ4v) is 1.76. The van der Waals surface area contributed by atoms with Gasteiger partial charge < -0.3 is 5.32 Å². The number of hydrogen-bond donors (Lipinski definition) is 1. The van der Waals surface area contributed by atoms with Gasteiger partial charge in [-0.05, 0) is 24.3 Å². The van der Waals surface area contributed by atoms with E-state index in [1.54, 1.807) is 0 Å². The maximum Gasteiger partial charge on any atom is 0.220 e. The molecule has 0 spiro atoms. The quantitative estimate of drug-likeness (QED) is 0.770. The number of carbonyl (C=O) groups excluding carboxylic acids is 1. The largest absolute Gasteiger partial charge is 0.356 e. The third-order valence-electron chi connectivity index (χ3n) is 2.62. The predicted molar refractivity (Wildman–Crippen MR) is 75.3 cm³/mol. The molecule has 1 amide bonds. The lowest BCUT2D eigenvalue weighted by Crippen LogP contribution is -2.28. The molecule has 0 aliphatic rings. The van der Waals surface area contributed by atoms with Crippen molar-refractivity contribution in [1.29, 1.82) is 0 Å². The zero-order chi connectivity index (χ0) is 12.5. The molecule has 0 aliphatic carbocycles. The molecule has 0 aromatic heterocycles. The minimum absolute atomic E-state index is 0.161. The maximum absolute atomic E-state index is 11.5. The Labute approximate surface area is 112 Å². The number of benzene rings is 1. The van der Waals surface area contributed by atoms with Crippen LogP contribution in [0.5, 0.6) is 0 Å². The first-order valence-corrected chi connectivity index (χ1v) is 7.21. The van der Waals surface area contributed by atoms with Crippen molar-refractivity contribution < 1.29 is 4.79 Å². The standard InChI is InChI=1S/C14H20BrNO/c1-12(10-15)11-16-14(17)9-5-8-13-6-3-2-4-7-13/h2-4,6-7,12H,5,8-11H2,1H3,(H,16,17). The number of carbonyl (C=O) groups is 1. The average Bonchev–Trinajstić information content (AvgIpc) is 2.37. The van der Waals surface area contributed by atoms with Crippen LogP contribution in [0.1, 0.15) is 25.3 Å². The first-order chi connectivity index (χ1) is 8.22. The molecule has 1 N–H and O–H groups in total. The van der Waals surface area contributed by atoms with Crippen LogP contribution >= 0.6 is 15.9 Å². The van der Waals surface area contributed by atoms with Crippen molar-refractivity contribution in [2.24, 2.45) is 5.92 Å². The zero-order valence-electron chi connectivity index (χ0n) is 10.3. The number of halogens is 1. The highest BCUT2D eigenvalue weighted by molar-refractivity contribution is 9.09. The van der Waals surface area contributed by atoms with Gasteiger partial charge in [-0.1, -0.05) is 53.2 Å². The molecule has 1 rings (SSSR count). The molecule has 0 saturated heterocycles. The first kappa shape index (κ1) is 14.2. The van der Waals surface area contributed by atoms with Gasteiger partial charge in [0, 0.05) is 18.3 Å². The van der Waals surface area contributed by atoms with E-state index in [-0.39, 0.29) is 5.91 Å². The Kier molecular flexibility index (Phi) is 6.94. The maximum atomic E-state index is 11.5. The number of rotatable bonds is 7. The highest BCUT2D eigenvalue weighted by atomic mass is 79.9. The summed E-state index contributed by atoms with van der Waals surface area (Å²) < 4.78 is 0. The Hall–Kier alpha value is -0.830. The lowest BCUT2D eigenvalue weighted by Gasteiger charge is -2.09. The third kappa shape index (κ3) is 6.47. The van der Waals surface area contributed by atoms with Crippen LogP contribution in [-0.4, -0.2) is 17.8 Å². The van der Waals surface area contributed by atoms with Crippen LogP contribution in [0.15, 0.2) is 30.3 Å². The fourth-order valence-electron chi connectivity index (χ4n) is 1.53. The highest BCUT2D eigenvalue weighted by Gasteiger charge is 2.04. The van der Waals surface area contributed by atoms with Crippen LogP contribution in [-0.2, 0) is 11.2 Å². The second-order valence-electron chi connectivity index (χ2n) is 4.40. The summed E-state index contributed by atoms with van der Waals surface area (Å²) in [5, 5.41) is 3.88. The van der Waals surface area contributed by atoms with E-state index in [1.807, 2.05) is 18.2 Å². The Bertz CT molecular complexity index is 326. The molecular weight excluding hydrogens is 278 g/mol. The Balaban J connectivity index is 2.12. The molecule has 3 heteroatoms. The van der Waals surface area contributed by atoms with Crippen molar-refractivity contribution in [2.75, 3.05) is 11.9 Å². The minimum Gasteiger partial charge on any atom is -0.356 e.